The molecule has 1 aromatic carbocycles. The van der Waals surface area contributed by atoms with E-state index in [1.54, 1.807) is 18.2 Å². The molecule has 0 radical (unpaired) electrons. The van der Waals surface area contributed by atoms with Crippen LogP contribution in [0.1, 0.15) is 12.8 Å². The molecule has 1 aliphatic heterocycles. The predicted molar refractivity (Wildman–Crippen MR) is 68.7 cm³/mol. The number of nitrogens with zero attached hydrogens (tertiary/aromatic N) is 1. The number of benzene rings is 1. The first-order valence-corrected chi connectivity index (χ1v) is 6.49. The van der Waals surface area contributed by atoms with E-state index in [2.05, 4.69) is 4.90 Å². The summed E-state index contributed by atoms with van der Waals surface area (Å²) in [5.74, 6) is -1.15. The number of rotatable bonds is 5. The number of aliphatic carboxylic acids is 1. The van der Waals surface area contributed by atoms with Gasteiger partial charge in [0.25, 0.3) is 0 Å². The van der Waals surface area contributed by atoms with E-state index in [1.807, 2.05) is 0 Å². The van der Waals surface area contributed by atoms with Gasteiger partial charge in [-0.15, -0.1) is 0 Å². The van der Waals surface area contributed by atoms with E-state index in [1.165, 1.54) is 6.07 Å². The van der Waals surface area contributed by atoms with Crippen molar-refractivity contribution in [1.82, 2.24) is 4.90 Å². The summed E-state index contributed by atoms with van der Waals surface area (Å²) < 4.78 is 18.7. The Morgan fingerprint density at radius 3 is 3.00 bits per heavy atom. The number of carboxylic acid groups (broad SMARTS) is 1. The molecule has 1 N–H and O–H groups in total. The number of carboxylic acids is 1. The van der Waals surface area contributed by atoms with Gasteiger partial charge in [0.15, 0.2) is 11.6 Å². The van der Waals surface area contributed by atoms with Crippen LogP contribution in [0.3, 0.4) is 0 Å². The number of carbonyl (C=O) groups is 1. The first-order valence-electron chi connectivity index (χ1n) is 6.49. The Balaban J connectivity index is 1.77. The molecule has 0 amide bonds. The van der Waals surface area contributed by atoms with E-state index in [4.69, 9.17) is 9.84 Å². The molecule has 0 bridgehead atoms. The van der Waals surface area contributed by atoms with Crippen molar-refractivity contribution in [2.24, 2.45) is 5.92 Å². The Morgan fingerprint density at radius 1 is 1.47 bits per heavy atom. The molecule has 0 spiro atoms. The zero-order valence-electron chi connectivity index (χ0n) is 10.7. The van der Waals surface area contributed by atoms with Gasteiger partial charge < -0.3 is 9.84 Å². The minimum atomic E-state index is -0.736. The number of halogens is 1. The van der Waals surface area contributed by atoms with Gasteiger partial charge in [0.2, 0.25) is 0 Å². The molecule has 1 fully saturated rings. The second-order valence-electron chi connectivity index (χ2n) is 4.76. The average molecular weight is 267 g/mol. The highest BCUT2D eigenvalue weighted by Gasteiger charge is 2.24. The molecule has 104 valence electrons. The number of para-hydroxylation sites is 1. The fourth-order valence-corrected chi connectivity index (χ4v) is 2.31. The third-order valence-electron chi connectivity index (χ3n) is 3.36. The lowest BCUT2D eigenvalue weighted by molar-refractivity contribution is -0.143. The van der Waals surface area contributed by atoms with Gasteiger partial charge in [-0.25, -0.2) is 4.39 Å². The molecule has 0 aliphatic carbocycles. The quantitative estimate of drug-likeness (QED) is 0.886. The van der Waals surface area contributed by atoms with Crippen LogP contribution >= 0.6 is 0 Å². The molecule has 1 aliphatic rings. The first-order chi connectivity index (χ1) is 9.16. The zero-order valence-corrected chi connectivity index (χ0v) is 10.7. The summed E-state index contributed by atoms with van der Waals surface area (Å²) in [5.41, 5.74) is 0. The van der Waals surface area contributed by atoms with Gasteiger partial charge in [0.1, 0.15) is 6.61 Å². The lowest BCUT2D eigenvalue weighted by atomic mass is 9.98. The fourth-order valence-electron chi connectivity index (χ4n) is 2.31. The Bertz CT molecular complexity index is 438. The summed E-state index contributed by atoms with van der Waals surface area (Å²) in [6.45, 7) is 2.42. The number of piperidine rings is 1. The van der Waals surface area contributed by atoms with Crippen LogP contribution in [0.25, 0.3) is 0 Å². The van der Waals surface area contributed by atoms with Gasteiger partial charge in [-0.1, -0.05) is 12.1 Å². The van der Waals surface area contributed by atoms with E-state index in [9.17, 15) is 9.18 Å². The fraction of sp³-hybridized carbons (Fsp3) is 0.500. The first kappa shape index (κ1) is 13.8. The van der Waals surface area contributed by atoms with E-state index < -0.39 is 5.97 Å². The van der Waals surface area contributed by atoms with Crippen molar-refractivity contribution in [3.8, 4) is 5.75 Å². The van der Waals surface area contributed by atoms with Crippen LogP contribution in [0.15, 0.2) is 24.3 Å². The third kappa shape index (κ3) is 3.92. The maximum absolute atomic E-state index is 13.3. The van der Waals surface area contributed by atoms with Gasteiger partial charge >= 0.3 is 5.97 Å². The molecule has 1 heterocycles. The van der Waals surface area contributed by atoms with Crippen LogP contribution in [-0.2, 0) is 4.79 Å². The van der Waals surface area contributed by atoms with Gasteiger partial charge in [-0.2, -0.15) is 0 Å². The standard InChI is InChI=1S/C14H18FNO3/c15-12-5-1-2-6-13(12)19-9-8-16-7-3-4-11(10-16)14(17)18/h1-2,5-6,11H,3-4,7-10H2,(H,17,18). The largest absolute Gasteiger partial charge is 0.489 e. The lowest BCUT2D eigenvalue weighted by Crippen LogP contribution is -2.40. The molecular weight excluding hydrogens is 249 g/mol. The van der Waals surface area contributed by atoms with Crippen LogP contribution in [0.2, 0.25) is 0 Å². The molecule has 0 saturated carbocycles. The van der Waals surface area contributed by atoms with Gasteiger partial charge in [0.05, 0.1) is 5.92 Å². The highest BCUT2D eigenvalue weighted by atomic mass is 19.1. The lowest BCUT2D eigenvalue weighted by Gasteiger charge is -2.30. The Hall–Kier alpha value is -1.62. The zero-order chi connectivity index (χ0) is 13.7. The normalized spacial score (nSPS) is 20.2. The van der Waals surface area contributed by atoms with E-state index in [-0.39, 0.29) is 17.5 Å². The molecule has 19 heavy (non-hydrogen) atoms. The Labute approximate surface area is 111 Å². The minimum absolute atomic E-state index is 0.245. The van der Waals surface area contributed by atoms with Gasteiger partial charge in [0, 0.05) is 13.1 Å². The maximum atomic E-state index is 13.3. The highest BCUT2D eigenvalue weighted by molar-refractivity contribution is 5.70. The molecule has 4 nitrogen and oxygen atoms in total. The van der Waals surface area contributed by atoms with Gasteiger partial charge in [-0.05, 0) is 31.5 Å². The van der Waals surface area contributed by atoms with Crippen molar-refractivity contribution in [2.45, 2.75) is 12.8 Å². The smallest absolute Gasteiger partial charge is 0.307 e. The predicted octanol–water partition coefficient (Wildman–Crippen LogP) is 2.00. The van der Waals surface area contributed by atoms with Crippen molar-refractivity contribution >= 4 is 5.97 Å². The third-order valence-corrected chi connectivity index (χ3v) is 3.36. The average Bonchev–Trinajstić information content (AvgIpc) is 2.41. The molecule has 1 aromatic rings. The molecule has 0 aromatic heterocycles. The number of ether oxygens (including phenoxy) is 1. The SMILES string of the molecule is O=C(O)C1CCCN(CCOc2ccccc2F)C1. The van der Waals surface area contributed by atoms with Crippen LogP contribution in [0, 0.1) is 11.7 Å². The number of hydrogen-bond acceptors (Lipinski definition) is 3. The van der Waals surface area contributed by atoms with E-state index in [0.717, 1.165) is 19.4 Å². The molecule has 1 saturated heterocycles. The second-order valence-corrected chi connectivity index (χ2v) is 4.76. The summed E-state index contributed by atoms with van der Waals surface area (Å²) in [6, 6.07) is 6.28. The van der Waals surface area contributed by atoms with E-state index in [0.29, 0.717) is 19.7 Å². The summed E-state index contributed by atoms with van der Waals surface area (Å²) >= 11 is 0. The van der Waals surface area contributed by atoms with Crippen molar-refractivity contribution in [3.05, 3.63) is 30.1 Å². The molecule has 1 unspecified atom stereocenters. The van der Waals surface area contributed by atoms with Gasteiger partial charge in [-0.3, -0.25) is 9.69 Å². The van der Waals surface area contributed by atoms with Crippen molar-refractivity contribution in [2.75, 3.05) is 26.2 Å². The molecule has 5 heteroatoms. The van der Waals surface area contributed by atoms with Crippen molar-refractivity contribution < 1.29 is 19.0 Å². The summed E-state index contributed by atoms with van der Waals surface area (Å²) in [5, 5.41) is 8.99. The van der Waals surface area contributed by atoms with Crippen molar-refractivity contribution in [1.29, 1.82) is 0 Å². The number of hydrogen-bond donors (Lipinski definition) is 1. The Kier molecular flexibility index (Phi) is 4.74. The molecular formula is C14H18FNO3. The maximum Gasteiger partial charge on any atom is 0.307 e. The highest BCUT2D eigenvalue weighted by Crippen LogP contribution is 2.18. The van der Waals surface area contributed by atoms with Crippen molar-refractivity contribution in [3.63, 3.8) is 0 Å². The molecule has 1 atom stereocenters. The minimum Gasteiger partial charge on any atom is -0.489 e. The van der Waals surface area contributed by atoms with Crippen LogP contribution in [-0.4, -0.2) is 42.2 Å². The molecule has 2 rings (SSSR count). The number of likely N-dealkylation sites (tertiary alicyclic amines) is 1. The topological polar surface area (TPSA) is 49.8 Å². The van der Waals surface area contributed by atoms with Crippen LogP contribution in [0.4, 0.5) is 4.39 Å². The monoisotopic (exact) mass is 267 g/mol. The summed E-state index contributed by atoms with van der Waals surface area (Å²) in [6.07, 6.45) is 1.62. The second kappa shape index (κ2) is 6.52. The van der Waals surface area contributed by atoms with Crippen LogP contribution < -0.4 is 4.74 Å². The van der Waals surface area contributed by atoms with E-state index >= 15 is 0 Å². The Morgan fingerprint density at radius 2 is 2.26 bits per heavy atom. The summed E-state index contributed by atoms with van der Waals surface area (Å²) in [7, 11) is 0. The summed E-state index contributed by atoms with van der Waals surface area (Å²) in [4.78, 5) is 13.0. The van der Waals surface area contributed by atoms with Crippen LogP contribution in [0.5, 0.6) is 5.75 Å².